The first kappa shape index (κ1) is 22.3. The van der Waals surface area contributed by atoms with Crippen molar-refractivity contribution in [3.63, 3.8) is 0 Å². The fraction of sp³-hybridized carbons (Fsp3) is 0.167. The second kappa shape index (κ2) is 8.59. The van der Waals surface area contributed by atoms with Crippen LogP contribution in [0.5, 0.6) is 0 Å². The van der Waals surface area contributed by atoms with Gasteiger partial charge in [0.05, 0.1) is 18.4 Å². The van der Waals surface area contributed by atoms with Crippen molar-refractivity contribution in [1.82, 2.24) is 4.98 Å². The third-order valence-corrected chi connectivity index (χ3v) is 6.47. The molecule has 168 valence electrons. The zero-order valence-corrected chi connectivity index (χ0v) is 18.8. The van der Waals surface area contributed by atoms with E-state index in [1.54, 1.807) is 37.3 Å². The second-order valence-electron chi connectivity index (χ2n) is 7.46. The number of nitrogens with zero attached hydrogens (tertiary/aromatic N) is 2. The lowest BCUT2D eigenvalue weighted by Gasteiger charge is -2.23. The predicted octanol–water partition coefficient (Wildman–Crippen LogP) is 4.31. The minimum atomic E-state index is -1.27. The number of esters is 1. The summed E-state index contributed by atoms with van der Waals surface area (Å²) in [6.45, 7) is 3.43. The first-order valence-electron chi connectivity index (χ1n) is 9.92. The molecule has 0 spiro atoms. The number of anilines is 1. The molecular weight excluding hydrogens is 447 g/mol. The van der Waals surface area contributed by atoms with E-state index < -0.39 is 35.3 Å². The van der Waals surface area contributed by atoms with E-state index >= 15 is 0 Å². The van der Waals surface area contributed by atoms with Gasteiger partial charge in [0.15, 0.2) is 5.13 Å². The number of carbonyl (C=O) groups is 3. The van der Waals surface area contributed by atoms with Crippen molar-refractivity contribution in [2.24, 2.45) is 0 Å². The Labute approximate surface area is 192 Å². The number of rotatable bonds is 4. The average molecular weight is 466 g/mol. The van der Waals surface area contributed by atoms with E-state index in [2.05, 4.69) is 4.98 Å². The molecule has 2 heterocycles. The highest BCUT2D eigenvalue weighted by atomic mass is 32.1. The maximum absolute atomic E-state index is 14.9. The number of methoxy groups -OCH3 is 1. The average Bonchev–Trinajstić information content (AvgIpc) is 3.30. The normalized spacial score (nSPS) is 17.5. The number of hydrogen-bond donors (Lipinski definition) is 1. The molecule has 0 aliphatic carbocycles. The van der Waals surface area contributed by atoms with E-state index in [-0.39, 0.29) is 21.1 Å². The minimum absolute atomic E-state index is 0.0119. The molecule has 33 heavy (non-hydrogen) atoms. The van der Waals surface area contributed by atoms with Crippen LogP contribution >= 0.6 is 11.3 Å². The van der Waals surface area contributed by atoms with Crippen LogP contribution in [-0.4, -0.2) is 34.9 Å². The Kier molecular flexibility index (Phi) is 5.82. The van der Waals surface area contributed by atoms with Crippen LogP contribution in [0.4, 0.5) is 9.52 Å². The van der Waals surface area contributed by atoms with Gasteiger partial charge < -0.3 is 9.84 Å². The van der Waals surface area contributed by atoms with Crippen LogP contribution in [0.3, 0.4) is 0 Å². The van der Waals surface area contributed by atoms with Crippen LogP contribution in [0.25, 0.3) is 5.76 Å². The summed E-state index contributed by atoms with van der Waals surface area (Å²) in [6, 6.07) is 11.1. The molecule has 1 saturated heterocycles. The molecule has 4 rings (SSSR count). The second-order valence-corrected chi connectivity index (χ2v) is 8.44. The molecule has 1 amide bonds. The standard InChI is InChI=1S/C24H19FN2O5S/c1-12-8-10-14(11-9-12)19(28)17-18(15-6-4-5-7-16(15)25)27(22(30)20(17)29)24-26-13(2)21(33-24)23(31)32-3/h4-11,18,28H,1-3H3/b19-17-. The highest BCUT2D eigenvalue weighted by Crippen LogP contribution is 2.44. The van der Waals surface area contributed by atoms with Crippen LogP contribution in [0.15, 0.2) is 54.1 Å². The molecule has 9 heteroatoms. The van der Waals surface area contributed by atoms with Crippen LogP contribution in [0.1, 0.15) is 38.1 Å². The van der Waals surface area contributed by atoms with Gasteiger partial charge in [-0.25, -0.2) is 14.2 Å². The van der Waals surface area contributed by atoms with Gasteiger partial charge in [-0.15, -0.1) is 0 Å². The zero-order chi connectivity index (χ0) is 23.9. The molecule has 2 aromatic carbocycles. The number of amides is 1. The Hall–Kier alpha value is -3.85. The Bertz CT molecular complexity index is 1310. The van der Waals surface area contributed by atoms with E-state index in [4.69, 9.17) is 4.74 Å². The number of aromatic nitrogens is 1. The van der Waals surface area contributed by atoms with Crippen LogP contribution < -0.4 is 4.90 Å². The highest BCUT2D eigenvalue weighted by molar-refractivity contribution is 7.17. The lowest BCUT2D eigenvalue weighted by atomic mass is 9.95. The van der Waals surface area contributed by atoms with Crippen molar-refractivity contribution in [2.75, 3.05) is 12.0 Å². The summed E-state index contributed by atoms with van der Waals surface area (Å²) in [6.07, 6.45) is 0. The summed E-state index contributed by atoms with van der Waals surface area (Å²) in [5, 5.41) is 11.1. The van der Waals surface area contributed by atoms with Crippen molar-refractivity contribution >= 4 is 39.9 Å². The monoisotopic (exact) mass is 466 g/mol. The Balaban J connectivity index is 1.95. The molecule has 1 aromatic heterocycles. The Morgan fingerprint density at radius 3 is 2.42 bits per heavy atom. The zero-order valence-electron chi connectivity index (χ0n) is 18.0. The first-order valence-corrected chi connectivity index (χ1v) is 10.7. The number of aliphatic hydroxyl groups excluding tert-OH is 1. The molecule has 0 saturated carbocycles. The lowest BCUT2D eigenvalue weighted by Crippen LogP contribution is -2.29. The third kappa shape index (κ3) is 3.80. The van der Waals surface area contributed by atoms with Crippen molar-refractivity contribution in [3.05, 3.63) is 87.2 Å². The van der Waals surface area contributed by atoms with Gasteiger partial charge in [-0.3, -0.25) is 14.5 Å². The first-order chi connectivity index (χ1) is 15.7. The highest BCUT2D eigenvalue weighted by Gasteiger charge is 2.49. The molecule has 3 aromatic rings. The summed E-state index contributed by atoms with van der Waals surface area (Å²) in [5.74, 6) is -3.69. The van der Waals surface area contributed by atoms with E-state index in [0.29, 0.717) is 11.3 Å². The number of benzene rings is 2. The fourth-order valence-corrected chi connectivity index (χ4v) is 4.67. The molecule has 0 radical (unpaired) electrons. The number of hydrogen-bond acceptors (Lipinski definition) is 7. The maximum Gasteiger partial charge on any atom is 0.350 e. The molecule has 1 unspecified atom stereocenters. The number of ether oxygens (including phenoxy) is 1. The molecular formula is C24H19FN2O5S. The summed E-state index contributed by atoms with van der Waals surface area (Å²) in [4.78, 5) is 43.7. The molecule has 1 aliphatic rings. The van der Waals surface area contributed by atoms with E-state index in [9.17, 15) is 23.9 Å². The molecule has 1 N–H and O–H groups in total. The van der Waals surface area contributed by atoms with Gasteiger partial charge in [0.25, 0.3) is 5.78 Å². The van der Waals surface area contributed by atoms with Crippen LogP contribution in [0, 0.1) is 19.7 Å². The molecule has 0 bridgehead atoms. The SMILES string of the molecule is COC(=O)c1sc(N2C(=O)C(=O)/C(=C(\O)c3ccc(C)cc3)C2c2ccccc2F)nc1C. The Morgan fingerprint density at radius 2 is 1.79 bits per heavy atom. The van der Waals surface area contributed by atoms with Crippen molar-refractivity contribution < 1.29 is 28.6 Å². The van der Waals surface area contributed by atoms with Gasteiger partial charge in [-0.2, -0.15) is 0 Å². The number of carbonyl (C=O) groups excluding carboxylic acids is 3. The van der Waals surface area contributed by atoms with Gasteiger partial charge in [0.1, 0.15) is 22.5 Å². The predicted molar refractivity (Wildman–Crippen MR) is 121 cm³/mol. The third-order valence-electron chi connectivity index (χ3n) is 5.33. The van der Waals surface area contributed by atoms with E-state index in [0.717, 1.165) is 21.8 Å². The molecule has 1 fully saturated rings. The summed E-state index contributed by atoms with van der Waals surface area (Å²) in [5.41, 5.74) is 1.30. The molecule has 1 aliphatic heterocycles. The summed E-state index contributed by atoms with van der Waals surface area (Å²) in [7, 11) is 1.22. The minimum Gasteiger partial charge on any atom is -0.507 e. The number of halogens is 1. The number of ketones is 1. The van der Waals surface area contributed by atoms with Gasteiger partial charge in [0, 0.05) is 11.1 Å². The Morgan fingerprint density at radius 1 is 1.12 bits per heavy atom. The van der Waals surface area contributed by atoms with Gasteiger partial charge in [0.2, 0.25) is 0 Å². The quantitative estimate of drug-likeness (QED) is 0.266. The topological polar surface area (TPSA) is 96.8 Å². The van der Waals surface area contributed by atoms with Crippen molar-refractivity contribution in [2.45, 2.75) is 19.9 Å². The number of aryl methyl sites for hydroxylation is 2. The van der Waals surface area contributed by atoms with Gasteiger partial charge in [-0.1, -0.05) is 59.4 Å². The van der Waals surface area contributed by atoms with Gasteiger partial charge in [-0.05, 0) is 19.9 Å². The summed E-state index contributed by atoms with van der Waals surface area (Å²) >= 11 is 0.852. The van der Waals surface area contributed by atoms with Crippen molar-refractivity contribution in [1.29, 1.82) is 0 Å². The van der Waals surface area contributed by atoms with Crippen LogP contribution in [0.2, 0.25) is 0 Å². The summed E-state index contributed by atoms with van der Waals surface area (Å²) < 4.78 is 19.6. The van der Waals surface area contributed by atoms with Crippen molar-refractivity contribution in [3.8, 4) is 0 Å². The lowest BCUT2D eigenvalue weighted by molar-refractivity contribution is -0.132. The number of Topliss-reactive ketones (excluding diaryl/α,β-unsaturated/α-hetero) is 1. The molecule has 1 atom stereocenters. The van der Waals surface area contributed by atoms with E-state index in [1.807, 2.05) is 6.92 Å². The number of thiazole rings is 1. The van der Waals surface area contributed by atoms with E-state index in [1.165, 1.54) is 25.3 Å². The fourth-order valence-electron chi connectivity index (χ4n) is 3.66. The van der Waals surface area contributed by atoms with Gasteiger partial charge >= 0.3 is 11.9 Å². The smallest absolute Gasteiger partial charge is 0.350 e. The van der Waals surface area contributed by atoms with Crippen LogP contribution in [-0.2, 0) is 14.3 Å². The largest absolute Gasteiger partial charge is 0.507 e. The molecule has 7 nitrogen and oxygen atoms in total. The number of aliphatic hydroxyl groups is 1. The maximum atomic E-state index is 14.9.